The van der Waals surface area contributed by atoms with Crippen LogP contribution in [0.3, 0.4) is 0 Å². The highest BCUT2D eigenvalue weighted by Gasteiger charge is 2.13. The second-order valence-corrected chi connectivity index (χ2v) is 5.14. The van der Waals surface area contributed by atoms with Crippen LogP contribution in [-0.2, 0) is 16.1 Å². The Kier molecular flexibility index (Phi) is 7.52. The molecule has 0 fully saturated rings. The molecule has 0 spiro atoms. The summed E-state index contributed by atoms with van der Waals surface area (Å²) in [7, 11) is 0. The lowest BCUT2D eigenvalue weighted by Crippen LogP contribution is -2.32. The van der Waals surface area contributed by atoms with E-state index >= 15 is 0 Å². The predicted molar refractivity (Wildman–Crippen MR) is 73.4 cm³/mol. The number of carbonyl (C=O) groups excluding carboxylic acids is 1. The summed E-state index contributed by atoms with van der Waals surface area (Å²) in [6, 6.07) is -0.480. The van der Waals surface area contributed by atoms with Crippen LogP contribution in [0.5, 0.6) is 0 Å². The zero-order valence-corrected chi connectivity index (χ0v) is 11.6. The molecule has 0 radical (unpaired) electrons. The molecular formula is C12H21N3O2S. The van der Waals surface area contributed by atoms with Crippen molar-refractivity contribution in [3.8, 4) is 0 Å². The molecule has 2 N–H and O–H groups in total. The first-order valence-electron chi connectivity index (χ1n) is 6.19. The van der Waals surface area contributed by atoms with E-state index in [9.17, 15) is 4.79 Å². The minimum atomic E-state index is -0.480. The lowest BCUT2D eigenvalue weighted by atomic mass is 10.2. The molecule has 1 rings (SSSR count). The van der Waals surface area contributed by atoms with Crippen LogP contribution in [0.2, 0.25) is 0 Å². The molecule has 0 aromatic carbocycles. The Morgan fingerprint density at radius 3 is 3.06 bits per heavy atom. The van der Waals surface area contributed by atoms with Gasteiger partial charge in [0.15, 0.2) is 0 Å². The smallest absolute Gasteiger partial charge is 0.322 e. The van der Waals surface area contributed by atoms with Gasteiger partial charge in [0.2, 0.25) is 0 Å². The number of aryl methyl sites for hydroxylation is 1. The van der Waals surface area contributed by atoms with E-state index in [2.05, 4.69) is 9.55 Å². The number of nitrogens with zero attached hydrogens (tertiary/aromatic N) is 2. The van der Waals surface area contributed by atoms with Gasteiger partial charge >= 0.3 is 5.97 Å². The van der Waals surface area contributed by atoms with Crippen LogP contribution in [0.15, 0.2) is 18.7 Å². The van der Waals surface area contributed by atoms with Gasteiger partial charge in [0, 0.05) is 18.9 Å². The summed E-state index contributed by atoms with van der Waals surface area (Å²) in [4.78, 5) is 15.2. The number of rotatable bonds is 9. The van der Waals surface area contributed by atoms with Gasteiger partial charge in [0.1, 0.15) is 6.04 Å². The fourth-order valence-corrected chi connectivity index (χ4v) is 2.41. The zero-order valence-electron chi connectivity index (χ0n) is 10.7. The second kappa shape index (κ2) is 8.99. The SMILES string of the molecule is CCOC(=O)C(N)CCSCCCn1ccnc1. The van der Waals surface area contributed by atoms with Gasteiger partial charge in [-0.25, -0.2) is 4.98 Å². The Labute approximate surface area is 112 Å². The molecule has 6 heteroatoms. The lowest BCUT2D eigenvalue weighted by Gasteiger charge is -2.09. The van der Waals surface area contributed by atoms with Crippen LogP contribution in [0.25, 0.3) is 0 Å². The first kappa shape index (κ1) is 15.0. The molecule has 0 aliphatic rings. The van der Waals surface area contributed by atoms with Gasteiger partial charge in [-0.05, 0) is 31.3 Å². The molecule has 1 atom stereocenters. The fraction of sp³-hybridized carbons (Fsp3) is 0.667. The highest BCUT2D eigenvalue weighted by Crippen LogP contribution is 2.07. The van der Waals surface area contributed by atoms with Crippen LogP contribution in [0, 0.1) is 0 Å². The molecule has 1 heterocycles. The molecule has 0 saturated carbocycles. The standard InChI is InChI=1S/C12H21N3O2S/c1-2-17-12(16)11(13)4-9-18-8-3-6-15-7-5-14-10-15/h5,7,10-11H,2-4,6,8-9,13H2,1H3. The summed E-state index contributed by atoms with van der Waals surface area (Å²) >= 11 is 1.82. The first-order valence-corrected chi connectivity index (χ1v) is 7.35. The van der Waals surface area contributed by atoms with Crippen molar-refractivity contribution >= 4 is 17.7 Å². The summed E-state index contributed by atoms with van der Waals surface area (Å²) in [5.41, 5.74) is 5.69. The van der Waals surface area contributed by atoms with Crippen molar-refractivity contribution < 1.29 is 9.53 Å². The third kappa shape index (κ3) is 6.07. The highest BCUT2D eigenvalue weighted by atomic mass is 32.2. The van der Waals surface area contributed by atoms with E-state index in [-0.39, 0.29) is 5.97 Å². The first-order chi connectivity index (χ1) is 8.74. The van der Waals surface area contributed by atoms with Crippen molar-refractivity contribution in [2.45, 2.75) is 32.4 Å². The third-order valence-electron chi connectivity index (χ3n) is 2.43. The van der Waals surface area contributed by atoms with Crippen molar-refractivity contribution in [1.82, 2.24) is 9.55 Å². The number of hydrogen-bond donors (Lipinski definition) is 1. The molecule has 0 aliphatic heterocycles. The number of thioether (sulfide) groups is 1. The maximum absolute atomic E-state index is 11.3. The van der Waals surface area contributed by atoms with E-state index in [1.165, 1.54) is 0 Å². The van der Waals surface area contributed by atoms with E-state index in [0.29, 0.717) is 13.0 Å². The number of esters is 1. The van der Waals surface area contributed by atoms with Crippen molar-refractivity contribution in [1.29, 1.82) is 0 Å². The Morgan fingerprint density at radius 2 is 2.39 bits per heavy atom. The summed E-state index contributed by atoms with van der Waals surface area (Å²) in [5, 5.41) is 0. The summed E-state index contributed by atoms with van der Waals surface area (Å²) < 4.78 is 6.91. The quantitative estimate of drug-likeness (QED) is 0.541. The Bertz CT molecular complexity index is 330. The molecule has 1 unspecified atom stereocenters. The highest BCUT2D eigenvalue weighted by molar-refractivity contribution is 7.99. The normalized spacial score (nSPS) is 12.3. The van der Waals surface area contributed by atoms with E-state index < -0.39 is 6.04 Å². The van der Waals surface area contributed by atoms with Gasteiger partial charge < -0.3 is 15.0 Å². The lowest BCUT2D eigenvalue weighted by molar-refractivity contribution is -0.144. The van der Waals surface area contributed by atoms with E-state index in [1.807, 2.05) is 24.3 Å². The Morgan fingerprint density at radius 1 is 1.56 bits per heavy atom. The van der Waals surface area contributed by atoms with Crippen LogP contribution in [0.1, 0.15) is 19.8 Å². The van der Waals surface area contributed by atoms with Gasteiger partial charge in [-0.15, -0.1) is 0 Å². The monoisotopic (exact) mass is 271 g/mol. The minimum absolute atomic E-state index is 0.295. The number of carbonyl (C=O) groups is 1. The van der Waals surface area contributed by atoms with Gasteiger partial charge in [0.05, 0.1) is 12.9 Å². The van der Waals surface area contributed by atoms with E-state index in [0.717, 1.165) is 24.5 Å². The molecule has 1 aromatic heterocycles. The number of nitrogens with two attached hydrogens (primary N) is 1. The minimum Gasteiger partial charge on any atom is -0.465 e. The molecule has 102 valence electrons. The fourth-order valence-electron chi connectivity index (χ4n) is 1.45. The predicted octanol–water partition coefficient (Wildman–Crippen LogP) is 1.29. The van der Waals surface area contributed by atoms with Gasteiger partial charge in [-0.2, -0.15) is 11.8 Å². The second-order valence-electron chi connectivity index (χ2n) is 3.91. The Hall–Kier alpha value is -1.01. The largest absolute Gasteiger partial charge is 0.465 e. The van der Waals surface area contributed by atoms with Crippen molar-refractivity contribution in [3.63, 3.8) is 0 Å². The summed E-state index contributed by atoms with van der Waals surface area (Å²) in [5.74, 6) is 1.66. The van der Waals surface area contributed by atoms with Gasteiger partial charge in [-0.3, -0.25) is 4.79 Å². The Balaban J connectivity index is 1.96. The molecule has 0 saturated heterocycles. The maximum atomic E-state index is 11.3. The van der Waals surface area contributed by atoms with Gasteiger partial charge in [-0.1, -0.05) is 0 Å². The molecule has 5 nitrogen and oxygen atoms in total. The molecule has 0 amide bonds. The number of hydrogen-bond acceptors (Lipinski definition) is 5. The van der Waals surface area contributed by atoms with E-state index in [1.54, 1.807) is 13.1 Å². The van der Waals surface area contributed by atoms with Crippen LogP contribution in [0.4, 0.5) is 0 Å². The number of imidazole rings is 1. The topological polar surface area (TPSA) is 70.1 Å². The number of aromatic nitrogens is 2. The van der Waals surface area contributed by atoms with E-state index in [4.69, 9.17) is 10.5 Å². The third-order valence-corrected chi connectivity index (χ3v) is 3.53. The average molecular weight is 271 g/mol. The molecule has 18 heavy (non-hydrogen) atoms. The van der Waals surface area contributed by atoms with Crippen molar-refractivity contribution in [3.05, 3.63) is 18.7 Å². The molecule has 1 aromatic rings. The zero-order chi connectivity index (χ0) is 13.2. The summed E-state index contributed by atoms with van der Waals surface area (Å²) in [6.45, 7) is 3.16. The summed E-state index contributed by atoms with van der Waals surface area (Å²) in [6.07, 6.45) is 7.33. The maximum Gasteiger partial charge on any atom is 0.322 e. The van der Waals surface area contributed by atoms with Crippen molar-refractivity contribution in [2.24, 2.45) is 5.73 Å². The van der Waals surface area contributed by atoms with Crippen LogP contribution in [-0.4, -0.2) is 39.7 Å². The number of ether oxygens (including phenoxy) is 1. The van der Waals surface area contributed by atoms with Crippen LogP contribution < -0.4 is 5.73 Å². The van der Waals surface area contributed by atoms with Gasteiger partial charge in [0.25, 0.3) is 0 Å². The average Bonchev–Trinajstić information content (AvgIpc) is 2.86. The molecule has 0 aliphatic carbocycles. The van der Waals surface area contributed by atoms with Crippen molar-refractivity contribution in [2.75, 3.05) is 18.1 Å². The molecular weight excluding hydrogens is 250 g/mol. The van der Waals surface area contributed by atoms with Crippen LogP contribution >= 0.6 is 11.8 Å². The molecule has 0 bridgehead atoms.